The number of rotatable bonds is 17. The van der Waals surface area contributed by atoms with Crippen LogP contribution in [0.4, 0.5) is 0 Å². The molecule has 5 aliphatic rings. The number of aliphatic hydroxyl groups excluding tert-OH is 2. The van der Waals surface area contributed by atoms with E-state index in [1.807, 2.05) is 25.1 Å². The second kappa shape index (κ2) is 15.5. The number of aryl methyl sites for hydroxylation is 3. The van der Waals surface area contributed by atoms with Crippen LogP contribution in [-0.2, 0) is 25.9 Å². The summed E-state index contributed by atoms with van der Waals surface area (Å²) >= 11 is 0. The molecule has 8 rings (SSSR count). The number of aliphatic hydroxyl groups is 2. The van der Waals surface area contributed by atoms with Gasteiger partial charge in [0.25, 0.3) is 0 Å². The lowest BCUT2D eigenvalue weighted by Gasteiger charge is -2.52. The number of aromatic amines is 1. The average Bonchev–Trinajstić information content (AvgIpc) is 3.93. The first kappa shape index (κ1) is 36.3. The van der Waals surface area contributed by atoms with Gasteiger partial charge in [-0.2, -0.15) is 0 Å². The van der Waals surface area contributed by atoms with Crippen molar-refractivity contribution < 1.29 is 24.5 Å². The van der Waals surface area contributed by atoms with Crippen molar-refractivity contribution in [3.8, 4) is 11.5 Å². The molecule has 0 saturated heterocycles. The largest absolute Gasteiger partial charge is 0.504 e. The van der Waals surface area contributed by atoms with Crippen LogP contribution in [0.15, 0.2) is 46.9 Å². The third kappa shape index (κ3) is 6.94. The molecule has 3 aromatic rings. The first-order valence-corrected chi connectivity index (χ1v) is 20.0. The zero-order chi connectivity index (χ0) is 35.6. The Morgan fingerprint density at radius 1 is 1.06 bits per heavy atom. The molecular weight excluding hydrogens is 638 g/mol. The second-order valence-corrected chi connectivity index (χ2v) is 16.1. The van der Waals surface area contributed by atoms with Crippen molar-refractivity contribution in [1.82, 2.24) is 15.6 Å². The van der Waals surface area contributed by atoms with Crippen molar-refractivity contribution in [2.45, 2.75) is 128 Å². The number of phenolic OH excluding ortho intramolecular Hbond substituents is 1. The van der Waals surface area contributed by atoms with Crippen LogP contribution in [0, 0.1) is 16.7 Å². The van der Waals surface area contributed by atoms with Crippen molar-refractivity contribution in [2.24, 2.45) is 16.7 Å². The van der Waals surface area contributed by atoms with Gasteiger partial charge < -0.3 is 40.1 Å². The Kier molecular flexibility index (Phi) is 11.1. The van der Waals surface area contributed by atoms with E-state index < -0.39 is 0 Å². The van der Waals surface area contributed by atoms with Gasteiger partial charge in [0, 0.05) is 54.7 Å². The van der Waals surface area contributed by atoms with Crippen LogP contribution < -0.4 is 15.4 Å². The van der Waals surface area contributed by atoms with Crippen LogP contribution in [0.5, 0.6) is 11.5 Å². The van der Waals surface area contributed by atoms with Crippen LogP contribution in [-0.4, -0.2) is 52.6 Å². The minimum Gasteiger partial charge on any atom is -0.504 e. The van der Waals surface area contributed by atoms with Crippen molar-refractivity contribution in [3.05, 3.63) is 82.1 Å². The average molecular weight is 700 g/mol. The van der Waals surface area contributed by atoms with Gasteiger partial charge in [0.2, 0.25) is 0 Å². The molecule has 8 heteroatoms. The number of nitrogens with one attached hydrogen (secondary N) is 3. The Labute approximate surface area is 304 Å². The molecule has 2 aromatic heterocycles. The van der Waals surface area contributed by atoms with Crippen molar-refractivity contribution in [1.29, 1.82) is 0 Å². The Morgan fingerprint density at radius 2 is 1.90 bits per heavy atom. The quantitative estimate of drug-likeness (QED) is 0.0798. The fourth-order valence-electron chi connectivity index (χ4n) is 10.7. The summed E-state index contributed by atoms with van der Waals surface area (Å²) in [6, 6.07) is 9.97. The molecule has 278 valence electrons. The SMILES string of the molecule is CCCCc1oc(CCc2ccc(O)c(OC[C@H](NCC)c3cc4c([nH]3)[C@@H]3C=C[C@]5(CCC[C@@H]5C35CCCC5)[C@H]4CNC[C@H](C)O)c2)cc1CO. The number of hydrogen-bond donors (Lipinski definition) is 6. The molecule has 2 heterocycles. The van der Waals surface area contributed by atoms with Gasteiger partial charge in [0.1, 0.15) is 18.1 Å². The molecule has 2 fully saturated rings. The Bertz CT molecular complexity index is 1650. The van der Waals surface area contributed by atoms with E-state index in [9.17, 15) is 15.3 Å². The predicted molar refractivity (Wildman–Crippen MR) is 201 cm³/mol. The lowest BCUT2D eigenvalue weighted by molar-refractivity contribution is 0.0444. The zero-order valence-corrected chi connectivity index (χ0v) is 31.1. The summed E-state index contributed by atoms with van der Waals surface area (Å²) in [7, 11) is 0. The van der Waals surface area contributed by atoms with Gasteiger partial charge >= 0.3 is 0 Å². The second-order valence-electron chi connectivity index (χ2n) is 16.1. The summed E-state index contributed by atoms with van der Waals surface area (Å²) in [4.78, 5) is 4.02. The Morgan fingerprint density at radius 3 is 2.67 bits per heavy atom. The van der Waals surface area contributed by atoms with Crippen LogP contribution in [0.3, 0.4) is 0 Å². The highest BCUT2D eigenvalue weighted by molar-refractivity contribution is 5.47. The number of ether oxygens (including phenoxy) is 1. The molecular formula is C43H61N3O5. The van der Waals surface area contributed by atoms with Gasteiger partial charge in [-0.3, -0.25) is 0 Å². The van der Waals surface area contributed by atoms with Crippen LogP contribution >= 0.6 is 0 Å². The van der Waals surface area contributed by atoms with E-state index in [1.165, 1.54) is 56.2 Å². The Hall–Kier alpha value is -3.04. The van der Waals surface area contributed by atoms with E-state index in [0.717, 1.165) is 67.1 Å². The molecule has 6 atom stereocenters. The molecule has 8 nitrogen and oxygen atoms in total. The van der Waals surface area contributed by atoms with Gasteiger partial charge in [-0.1, -0.05) is 57.7 Å². The van der Waals surface area contributed by atoms with E-state index in [2.05, 4.69) is 47.7 Å². The summed E-state index contributed by atoms with van der Waals surface area (Å²) in [6.45, 7) is 8.79. The smallest absolute Gasteiger partial charge is 0.161 e. The normalized spacial score (nSPS) is 25.6. The van der Waals surface area contributed by atoms with Crippen molar-refractivity contribution in [2.75, 3.05) is 26.2 Å². The summed E-state index contributed by atoms with van der Waals surface area (Å²) < 4.78 is 12.6. The summed E-state index contributed by atoms with van der Waals surface area (Å²) in [6.07, 6.45) is 18.4. The fraction of sp³-hybridized carbons (Fsp3) is 0.628. The number of unbranched alkanes of at least 4 members (excludes halogenated alkanes) is 1. The number of aromatic nitrogens is 1. The first-order valence-electron chi connectivity index (χ1n) is 20.0. The number of aromatic hydroxyl groups is 1. The van der Waals surface area contributed by atoms with E-state index in [4.69, 9.17) is 9.15 Å². The zero-order valence-electron chi connectivity index (χ0n) is 31.1. The molecule has 0 aliphatic heterocycles. The molecule has 0 amide bonds. The third-order valence-electron chi connectivity index (χ3n) is 13.0. The van der Waals surface area contributed by atoms with Crippen LogP contribution in [0.1, 0.15) is 136 Å². The van der Waals surface area contributed by atoms with E-state index >= 15 is 0 Å². The number of allylic oxidation sites excluding steroid dienone is 2. The van der Waals surface area contributed by atoms with E-state index in [-0.39, 0.29) is 29.9 Å². The van der Waals surface area contributed by atoms with Gasteiger partial charge in [-0.05, 0) is 104 Å². The maximum Gasteiger partial charge on any atom is 0.161 e. The fourth-order valence-corrected chi connectivity index (χ4v) is 10.7. The van der Waals surface area contributed by atoms with Gasteiger partial charge in [-0.15, -0.1) is 0 Å². The maximum absolute atomic E-state index is 10.9. The summed E-state index contributed by atoms with van der Waals surface area (Å²) in [5.41, 5.74) is 6.41. The first-order chi connectivity index (χ1) is 24.8. The number of phenols is 1. The molecule has 2 bridgehead atoms. The van der Waals surface area contributed by atoms with Crippen LogP contribution in [0.2, 0.25) is 0 Å². The number of H-pyrrole nitrogens is 1. The molecule has 1 aromatic carbocycles. The lowest BCUT2D eigenvalue weighted by atomic mass is 9.52. The van der Waals surface area contributed by atoms with Gasteiger partial charge in [0.05, 0.1) is 18.8 Å². The lowest BCUT2D eigenvalue weighted by Crippen LogP contribution is -2.46. The highest BCUT2D eigenvalue weighted by Crippen LogP contribution is 2.72. The third-order valence-corrected chi connectivity index (χ3v) is 13.0. The molecule has 0 radical (unpaired) electrons. The molecule has 51 heavy (non-hydrogen) atoms. The number of hydrogen-bond acceptors (Lipinski definition) is 7. The monoisotopic (exact) mass is 699 g/mol. The molecule has 6 N–H and O–H groups in total. The van der Waals surface area contributed by atoms with Gasteiger partial charge in [-0.25, -0.2) is 0 Å². The summed E-state index contributed by atoms with van der Waals surface area (Å²) in [5, 5.41) is 38.2. The van der Waals surface area contributed by atoms with E-state index in [1.54, 1.807) is 6.07 Å². The highest BCUT2D eigenvalue weighted by Gasteiger charge is 2.63. The van der Waals surface area contributed by atoms with Crippen molar-refractivity contribution in [3.63, 3.8) is 0 Å². The molecule has 2 spiro atoms. The molecule has 2 saturated carbocycles. The minimum absolute atomic E-state index is 0.00331. The predicted octanol–water partition coefficient (Wildman–Crippen LogP) is 7.73. The summed E-state index contributed by atoms with van der Waals surface area (Å²) in [5.74, 6) is 3.86. The maximum atomic E-state index is 10.9. The number of benzene rings is 1. The number of likely N-dealkylation sites (N-methyl/N-ethyl adjacent to an activating group) is 1. The topological polar surface area (TPSA) is 123 Å². The van der Waals surface area contributed by atoms with Crippen LogP contribution in [0.25, 0.3) is 0 Å². The highest BCUT2D eigenvalue weighted by atomic mass is 16.5. The molecule has 5 aliphatic carbocycles. The van der Waals surface area contributed by atoms with Crippen molar-refractivity contribution >= 4 is 0 Å². The molecule has 0 unspecified atom stereocenters. The standard InChI is InChI=1S/C43H61N3O5/c1-4-6-10-38-30(26-47)22-31(51-38)14-12-29-13-15-37(49)39(21-29)50-27-36(45-5-2)35-23-32-34(25-44-24-28(3)48)43-19-9-11-40(43)42(17-7-8-18-42)33(16-20-43)41(32)46-35/h13,15-16,20-23,28,33-34,36,40,44-49H,4-12,14,17-19,24-27H2,1-3H3/t28-,33-,34-,36-,40+,43+/m0/s1. The number of furan rings is 1. The van der Waals surface area contributed by atoms with Gasteiger partial charge in [0.15, 0.2) is 11.5 Å². The Balaban J connectivity index is 1.12. The van der Waals surface area contributed by atoms with E-state index in [0.29, 0.717) is 48.5 Å². The minimum atomic E-state index is -0.375.